The van der Waals surface area contributed by atoms with Gasteiger partial charge in [-0.25, -0.2) is 10.2 Å². The molecule has 1 rings (SSSR count). The molecule has 0 fully saturated rings. The maximum atomic E-state index is 10.8. The second kappa shape index (κ2) is 5.71. The van der Waals surface area contributed by atoms with Crippen LogP contribution in [0.3, 0.4) is 0 Å². The zero-order valence-corrected chi connectivity index (χ0v) is 8.75. The van der Waals surface area contributed by atoms with Crippen LogP contribution in [0.15, 0.2) is 24.3 Å². The SMILES string of the molecule is O=C(O)NN[C@@H](Cc1ccc(O)cc1)C(=O)O. The van der Waals surface area contributed by atoms with Gasteiger partial charge in [0.1, 0.15) is 11.8 Å². The van der Waals surface area contributed by atoms with Crippen molar-refractivity contribution in [1.82, 2.24) is 10.9 Å². The number of phenolic OH excluding ortho intramolecular Hbond substituents is 1. The number of phenols is 1. The molecular weight excluding hydrogens is 228 g/mol. The van der Waals surface area contributed by atoms with E-state index < -0.39 is 18.1 Å². The van der Waals surface area contributed by atoms with E-state index in [1.165, 1.54) is 12.1 Å². The largest absolute Gasteiger partial charge is 0.508 e. The fraction of sp³-hybridized carbons (Fsp3) is 0.200. The molecule has 0 aromatic heterocycles. The number of hydrogen-bond acceptors (Lipinski definition) is 4. The van der Waals surface area contributed by atoms with Gasteiger partial charge in [-0.1, -0.05) is 12.1 Å². The molecule has 0 bridgehead atoms. The first-order chi connectivity index (χ1) is 7.99. The van der Waals surface area contributed by atoms with Gasteiger partial charge in [0, 0.05) is 6.42 Å². The molecule has 0 saturated carbocycles. The second-order valence-electron chi connectivity index (χ2n) is 3.34. The monoisotopic (exact) mass is 240 g/mol. The van der Waals surface area contributed by atoms with E-state index in [0.717, 1.165) is 0 Å². The molecule has 0 aliphatic carbocycles. The third-order valence-electron chi connectivity index (χ3n) is 2.03. The fourth-order valence-corrected chi connectivity index (χ4v) is 1.22. The number of rotatable bonds is 5. The summed E-state index contributed by atoms with van der Waals surface area (Å²) in [6.45, 7) is 0. The number of benzene rings is 1. The summed E-state index contributed by atoms with van der Waals surface area (Å²) >= 11 is 0. The molecule has 0 saturated heterocycles. The molecule has 0 aliphatic rings. The molecule has 0 spiro atoms. The first-order valence-electron chi connectivity index (χ1n) is 4.74. The Morgan fingerprint density at radius 3 is 2.24 bits per heavy atom. The molecule has 0 unspecified atom stereocenters. The van der Waals surface area contributed by atoms with Gasteiger partial charge < -0.3 is 15.3 Å². The third kappa shape index (κ3) is 4.39. The van der Waals surface area contributed by atoms with Gasteiger partial charge in [0.2, 0.25) is 0 Å². The number of nitrogens with one attached hydrogen (secondary N) is 2. The Bertz CT molecular complexity index is 404. The molecular formula is C10H12N2O5. The van der Waals surface area contributed by atoms with Crippen LogP contribution in [0, 0.1) is 0 Å². The lowest BCUT2D eigenvalue weighted by molar-refractivity contribution is -0.139. The van der Waals surface area contributed by atoms with Crippen molar-refractivity contribution in [2.75, 3.05) is 0 Å². The Morgan fingerprint density at radius 2 is 1.76 bits per heavy atom. The molecule has 5 N–H and O–H groups in total. The van der Waals surface area contributed by atoms with E-state index in [4.69, 9.17) is 15.3 Å². The van der Waals surface area contributed by atoms with Crippen LogP contribution in [0.4, 0.5) is 4.79 Å². The Balaban J connectivity index is 2.63. The van der Waals surface area contributed by atoms with E-state index in [1.54, 1.807) is 17.6 Å². The molecule has 92 valence electrons. The highest BCUT2D eigenvalue weighted by atomic mass is 16.4. The zero-order valence-electron chi connectivity index (χ0n) is 8.75. The highest BCUT2D eigenvalue weighted by Gasteiger charge is 2.18. The maximum Gasteiger partial charge on any atom is 0.419 e. The summed E-state index contributed by atoms with van der Waals surface area (Å²) in [7, 11) is 0. The molecule has 7 heteroatoms. The van der Waals surface area contributed by atoms with Crippen molar-refractivity contribution >= 4 is 12.1 Å². The minimum Gasteiger partial charge on any atom is -0.508 e. The lowest BCUT2D eigenvalue weighted by Crippen LogP contribution is -2.48. The molecule has 1 aromatic rings. The van der Waals surface area contributed by atoms with Crippen LogP contribution >= 0.6 is 0 Å². The van der Waals surface area contributed by atoms with Crippen molar-refractivity contribution in [3.8, 4) is 5.75 Å². The van der Waals surface area contributed by atoms with Crippen molar-refractivity contribution in [2.45, 2.75) is 12.5 Å². The smallest absolute Gasteiger partial charge is 0.419 e. The number of carboxylic acids is 1. The normalized spacial score (nSPS) is 11.8. The van der Waals surface area contributed by atoms with Crippen molar-refractivity contribution in [2.24, 2.45) is 0 Å². The minimum atomic E-state index is -1.36. The summed E-state index contributed by atoms with van der Waals surface area (Å²) in [5, 5.41) is 26.3. The molecule has 17 heavy (non-hydrogen) atoms. The van der Waals surface area contributed by atoms with Gasteiger partial charge >= 0.3 is 12.1 Å². The zero-order chi connectivity index (χ0) is 12.8. The number of carbonyl (C=O) groups is 2. The van der Waals surface area contributed by atoms with Gasteiger partial charge in [0.25, 0.3) is 0 Å². The maximum absolute atomic E-state index is 10.8. The van der Waals surface area contributed by atoms with Gasteiger partial charge in [-0.3, -0.25) is 10.2 Å². The van der Waals surface area contributed by atoms with Crippen LogP contribution in [0.2, 0.25) is 0 Å². The van der Waals surface area contributed by atoms with E-state index in [9.17, 15) is 9.59 Å². The number of hydrazine groups is 1. The summed E-state index contributed by atoms with van der Waals surface area (Å²) in [6, 6.07) is 4.91. The number of aliphatic carboxylic acids is 1. The number of hydrogen-bond donors (Lipinski definition) is 5. The van der Waals surface area contributed by atoms with E-state index in [-0.39, 0.29) is 12.2 Å². The number of amides is 1. The number of aromatic hydroxyl groups is 1. The van der Waals surface area contributed by atoms with Crippen molar-refractivity contribution in [3.05, 3.63) is 29.8 Å². The lowest BCUT2D eigenvalue weighted by Gasteiger charge is -2.13. The van der Waals surface area contributed by atoms with Gasteiger partial charge in [0.15, 0.2) is 0 Å². The average molecular weight is 240 g/mol. The highest BCUT2D eigenvalue weighted by Crippen LogP contribution is 2.11. The van der Waals surface area contributed by atoms with Crippen LogP contribution < -0.4 is 10.9 Å². The van der Waals surface area contributed by atoms with E-state index in [1.807, 2.05) is 0 Å². The first kappa shape index (κ1) is 12.8. The van der Waals surface area contributed by atoms with Crippen molar-refractivity contribution < 1.29 is 24.9 Å². The van der Waals surface area contributed by atoms with Crippen molar-refractivity contribution in [3.63, 3.8) is 0 Å². The Labute approximate surface area is 96.7 Å². The molecule has 1 aromatic carbocycles. The summed E-state index contributed by atoms with van der Waals surface area (Å²) in [5.74, 6) is -1.09. The van der Waals surface area contributed by atoms with E-state index in [2.05, 4.69) is 5.43 Å². The van der Waals surface area contributed by atoms with Gasteiger partial charge in [0.05, 0.1) is 0 Å². The lowest BCUT2D eigenvalue weighted by atomic mass is 10.1. The summed E-state index contributed by atoms with van der Waals surface area (Å²) < 4.78 is 0. The molecule has 0 aliphatic heterocycles. The van der Waals surface area contributed by atoms with Crippen LogP contribution in [-0.2, 0) is 11.2 Å². The van der Waals surface area contributed by atoms with Crippen LogP contribution in [-0.4, -0.2) is 33.4 Å². The predicted octanol–water partition coefficient (Wildman–Crippen LogP) is 0.160. The summed E-state index contributed by atoms with van der Waals surface area (Å²) in [4.78, 5) is 21.1. The minimum absolute atomic E-state index is 0.0808. The average Bonchev–Trinajstić information content (AvgIpc) is 2.26. The van der Waals surface area contributed by atoms with Crippen LogP contribution in [0.1, 0.15) is 5.56 Å². The summed E-state index contributed by atoms with van der Waals surface area (Å²) in [5.41, 5.74) is 4.63. The van der Waals surface area contributed by atoms with E-state index in [0.29, 0.717) is 5.56 Å². The predicted molar refractivity (Wildman–Crippen MR) is 57.5 cm³/mol. The van der Waals surface area contributed by atoms with Crippen molar-refractivity contribution in [1.29, 1.82) is 0 Å². The first-order valence-corrected chi connectivity index (χ1v) is 4.74. The quantitative estimate of drug-likeness (QED) is 0.468. The van der Waals surface area contributed by atoms with Crippen LogP contribution in [0.5, 0.6) is 5.75 Å². The fourth-order valence-electron chi connectivity index (χ4n) is 1.22. The van der Waals surface area contributed by atoms with Gasteiger partial charge in [-0.05, 0) is 17.7 Å². The topological polar surface area (TPSA) is 119 Å². The molecule has 7 nitrogen and oxygen atoms in total. The summed E-state index contributed by atoms with van der Waals surface area (Å²) in [6.07, 6.45) is -1.27. The molecule has 1 amide bonds. The number of carboxylic acid groups (broad SMARTS) is 2. The van der Waals surface area contributed by atoms with E-state index >= 15 is 0 Å². The highest BCUT2D eigenvalue weighted by molar-refractivity contribution is 5.74. The van der Waals surface area contributed by atoms with Gasteiger partial charge in [-0.2, -0.15) is 0 Å². The Hall–Kier alpha value is -2.28. The second-order valence-corrected chi connectivity index (χ2v) is 3.34. The standard InChI is InChI=1S/C10H12N2O5/c13-7-3-1-6(2-4-7)5-8(9(14)15)11-12-10(16)17/h1-4,8,11-13H,5H2,(H,14,15)(H,16,17)/t8-/m0/s1. The van der Waals surface area contributed by atoms with Crippen LogP contribution in [0.25, 0.3) is 0 Å². The van der Waals surface area contributed by atoms with Gasteiger partial charge in [-0.15, -0.1) is 0 Å². The molecule has 0 radical (unpaired) electrons. The Kier molecular flexibility index (Phi) is 4.29. The molecule has 1 atom stereocenters. The molecule has 0 heterocycles. The third-order valence-corrected chi connectivity index (χ3v) is 2.03. The Morgan fingerprint density at radius 1 is 1.18 bits per heavy atom.